The minimum absolute atomic E-state index is 2.39. The van der Waals surface area contributed by atoms with E-state index in [-0.39, 0.29) is 0 Å². The average Bonchev–Trinajstić information content (AvgIpc) is 1.97. The quantitative estimate of drug-likeness (QED) is 0.543. The fraction of sp³-hybridized carbons (Fsp3) is 1.00. The molecule has 96 valence electrons. The number of hydrogen-bond acceptors (Lipinski definition) is 3. The molecule has 0 aliphatic carbocycles. The zero-order valence-corrected chi connectivity index (χ0v) is 7.47. The SMILES string of the molecule is O=S1(=O)OC(F)(F)[C@]1(F)C(F)(F)C(F)(F)F. The maximum absolute atomic E-state index is 12.8. The van der Waals surface area contributed by atoms with Crippen molar-refractivity contribution in [2.24, 2.45) is 0 Å². The van der Waals surface area contributed by atoms with Crippen LogP contribution in [0.5, 0.6) is 0 Å². The first-order valence-corrected chi connectivity index (χ1v) is 4.58. The molecule has 0 aromatic heterocycles. The third-order valence-corrected chi connectivity index (χ3v) is 3.30. The van der Waals surface area contributed by atoms with E-state index in [2.05, 4.69) is 4.18 Å². The Balaban J connectivity index is 3.42. The zero-order valence-electron chi connectivity index (χ0n) is 6.66. The van der Waals surface area contributed by atoms with Crippen molar-refractivity contribution < 1.29 is 47.7 Å². The first-order chi connectivity index (χ1) is 6.71. The Labute approximate surface area is 82.1 Å². The molecule has 0 aromatic rings. The summed E-state index contributed by atoms with van der Waals surface area (Å²) in [6.07, 6.45) is -12.6. The van der Waals surface area contributed by atoms with Gasteiger partial charge in [0.1, 0.15) is 0 Å². The minimum atomic E-state index is -6.80. The highest BCUT2D eigenvalue weighted by Crippen LogP contribution is 2.61. The highest BCUT2D eigenvalue weighted by atomic mass is 32.2. The Morgan fingerprint density at radius 1 is 0.938 bits per heavy atom. The predicted octanol–water partition coefficient (Wildman–Crippen LogP) is 1.80. The van der Waals surface area contributed by atoms with Gasteiger partial charge in [0.15, 0.2) is 0 Å². The van der Waals surface area contributed by atoms with Gasteiger partial charge in [0, 0.05) is 0 Å². The van der Waals surface area contributed by atoms with Gasteiger partial charge < -0.3 is 0 Å². The van der Waals surface area contributed by atoms with Crippen molar-refractivity contribution in [1.29, 1.82) is 0 Å². The maximum atomic E-state index is 12.8. The normalized spacial score (nSPS) is 33.2. The maximum Gasteiger partial charge on any atom is 0.458 e. The molecular formula is C4F8O3S. The third-order valence-electron chi connectivity index (χ3n) is 1.69. The Morgan fingerprint density at radius 3 is 1.44 bits per heavy atom. The molecule has 16 heavy (non-hydrogen) atoms. The summed E-state index contributed by atoms with van der Waals surface area (Å²) >= 11 is 0. The number of alkyl halides is 8. The van der Waals surface area contributed by atoms with Crippen LogP contribution in [0.1, 0.15) is 0 Å². The first kappa shape index (κ1) is 13.4. The van der Waals surface area contributed by atoms with Gasteiger partial charge in [-0.05, 0) is 0 Å². The Bertz CT molecular complexity index is 409. The molecule has 1 aliphatic rings. The first-order valence-electron chi connectivity index (χ1n) is 3.17. The van der Waals surface area contributed by atoms with Crippen LogP contribution in [-0.2, 0) is 14.3 Å². The largest absolute Gasteiger partial charge is 0.458 e. The van der Waals surface area contributed by atoms with Crippen LogP contribution in [0.2, 0.25) is 0 Å². The molecule has 0 aromatic carbocycles. The van der Waals surface area contributed by atoms with Crippen LogP contribution in [0.4, 0.5) is 35.1 Å². The summed E-state index contributed by atoms with van der Waals surface area (Å²) in [4.78, 5) is 0. The van der Waals surface area contributed by atoms with Crippen molar-refractivity contribution in [3.8, 4) is 0 Å². The Morgan fingerprint density at radius 2 is 1.31 bits per heavy atom. The average molecular weight is 280 g/mol. The van der Waals surface area contributed by atoms with Crippen LogP contribution >= 0.6 is 0 Å². The van der Waals surface area contributed by atoms with Crippen LogP contribution in [-0.4, -0.2) is 31.6 Å². The molecule has 3 nitrogen and oxygen atoms in total. The van der Waals surface area contributed by atoms with Crippen LogP contribution in [0, 0.1) is 0 Å². The molecule has 12 heteroatoms. The lowest BCUT2D eigenvalue weighted by Crippen LogP contribution is -2.75. The molecule has 0 N–H and O–H groups in total. The van der Waals surface area contributed by atoms with Crippen molar-refractivity contribution in [3.63, 3.8) is 0 Å². The van der Waals surface area contributed by atoms with Crippen LogP contribution in [0.15, 0.2) is 0 Å². The van der Waals surface area contributed by atoms with Gasteiger partial charge in [-0.15, -0.1) is 0 Å². The molecule has 1 heterocycles. The zero-order chi connectivity index (χ0) is 13.2. The molecule has 0 bridgehead atoms. The molecule has 1 saturated heterocycles. The second kappa shape index (κ2) is 2.78. The number of halogens is 8. The summed E-state index contributed by atoms with van der Waals surface area (Å²) in [5, 5.41) is -6.15. The van der Waals surface area contributed by atoms with Crippen LogP contribution < -0.4 is 0 Å². The minimum Gasteiger partial charge on any atom is -0.206 e. The topological polar surface area (TPSA) is 43.4 Å². The van der Waals surface area contributed by atoms with Gasteiger partial charge in [-0.2, -0.15) is 43.3 Å². The van der Waals surface area contributed by atoms with Crippen molar-refractivity contribution in [3.05, 3.63) is 0 Å². The van der Waals surface area contributed by atoms with Gasteiger partial charge in [0.05, 0.1) is 0 Å². The summed E-state index contributed by atoms with van der Waals surface area (Å²) in [7, 11) is -6.36. The highest BCUT2D eigenvalue weighted by molar-refractivity contribution is 7.89. The molecule has 1 aliphatic heterocycles. The summed E-state index contributed by atoms with van der Waals surface area (Å²) in [5.74, 6) is -6.79. The summed E-state index contributed by atoms with van der Waals surface area (Å²) in [6.45, 7) is 0. The van der Waals surface area contributed by atoms with Crippen molar-refractivity contribution in [1.82, 2.24) is 0 Å². The molecule has 1 rings (SSSR count). The second-order valence-corrected chi connectivity index (χ2v) is 4.36. The molecular weight excluding hydrogens is 280 g/mol. The predicted molar refractivity (Wildman–Crippen MR) is 29.8 cm³/mol. The van der Waals surface area contributed by atoms with E-state index in [0.29, 0.717) is 0 Å². The van der Waals surface area contributed by atoms with E-state index in [1.165, 1.54) is 0 Å². The van der Waals surface area contributed by atoms with E-state index in [1.54, 1.807) is 0 Å². The standard InChI is InChI=1S/C4F8O3S/c5-1(6,3(8,9)10)2(7)4(11,12)15-16(2,13)14/t2-/m0/s1. The van der Waals surface area contributed by atoms with Crippen molar-refractivity contribution in [2.75, 3.05) is 0 Å². The molecule has 0 saturated carbocycles. The molecule has 1 atom stereocenters. The van der Waals surface area contributed by atoms with E-state index in [9.17, 15) is 43.5 Å². The fourth-order valence-corrected chi connectivity index (χ4v) is 2.03. The summed E-state index contributed by atoms with van der Waals surface area (Å²) in [5.41, 5.74) is 0. The van der Waals surface area contributed by atoms with E-state index in [4.69, 9.17) is 0 Å². The Kier molecular flexibility index (Phi) is 2.33. The molecule has 0 radical (unpaired) electrons. The number of hydrogen-bond donors (Lipinski definition) is 0. The van der Waals surface area contributed by atoms with Gasteiger partial charge in [-0.1, -0.05) is 0 Å². The smallest absolute Gasteiger partial charge is 0.206 e. The molecule has 0 amide bonds. The van der Waals surface area contributed by atoms with Gasteiger partial charge in [0.25, 0.3) is 0 Å². The van der Waals surface area contributed by atoms with E-state index >= 15 is 0 Å². The van der Waals surface area contributed by atoms with E-state index in [1.807, 2.05) is 0 Å². The fourth-order valence-electron chi connectivity index (χ4n) is 0.882. The van der Waals surface area contributed by atoms with Crippen molar-refractivity contribution >= 4 is 10.1 Å². The summed E-state index contributed by atoms with van der Waals surface area (Å²) < 4.78 is 119. The Hall–Kier alpha value is -0.650. The molecule has 0 spiro atoms. The van der Waals surface area contributed by atoms with Crippen LogP contribution in [0.3, 0.4) is 0 Å². The molecule has 0 unspecified atom stereocenters. The van der Waals surface area contributed by atoms with E-state index in [0.717, 1.165) is 0 Å². The van der Waals surface area contributed by atoms with Gasteiger partial charge in [-0.3, -0.25) is 0 Å². The third kappa shape index (κ3) is 1.19. The highest BCUT2D eigenvalue weighted by Gasteiger charge is 2.94. The lowest BCUT2D eigenvalue weighted by molar-refractivity contribution is -0.391. The van der Waals surface area contributed by atoms with Crippen molar-refractivity contribution in [2.45, 2.75) is 23.2 Å². The second-order valence-electron chi connectivity index (χ2n) is 2.72. The lowest BCUT2D eigenvalue weighted by atomic mass is 10.1. The monoisotopic (exact) mass is 280 g/mol. The van der Waals surface area contributed by atoms with Crippen LogP contribution in [0.25, 0.3) is 0 Å². The van der Waals surface area contributed by atoms with Gasteiger partial charge in [0.2, 0.25) is 0 Å². The lowest BCUT2D eigenvalue weighted by Gasteiger charge is -2.43. The van der Waals surface area contributed by atoms with Gasteiger partial charge in [-0.25, -0.2) is 4.39 Å². The van der Waals surface area contributed by atoms with Gasteiger partial charge >= 0.3 is 33.3 Å². The number of rotatable bonds is 1. The summed E-state index contributed by atoms with van der Waals surface area (Å²) in [6, 6.07) is 0. The van der Waals surface area contributed by atoms with E-state index < -0.39 is 33.3 Å². The molecule has 1 fully saturated rings.